The fourth-order valence-electron chi connectivity index (χ4n) is 1.59. The maximum atomic E-state index is 13.7. The lowest BCUT2D eigenvalue weighted by atomic mass is 10.1. The number of benzene rings is 1. The Hall–Kier alpha value is -2.23. The minimum Gasteiger partial charge on any atom is -0.497 e. The molecule has 0 unspecified atom stereocenters. The predicted molar refractivity (Wildman–Crippen MR) is 66.2 cm³/mol. The topological polar surface area (TPSA) is 39.2 Å². The first-order valence-electron chi connectivity index (χ1n) is 5.42. The molecule has 0 aliphatic carbocycles. The molecule has 92 valence electrons. The van der Waals surface area contributed by atoms with Crippen LogP contribution in [0.25, 0.3) is 11.3 Å². The van der Waals surface area contributed by atoms with Crippen molar-refractivity contribution in [1.29, 1.82) is 0 Å². The standard InChI is InChI=1S/C14H12FNO2/c1-9(17)10-3-6-14(16-8-10)12-7-11(18-2)4-5-13(12)15/h3-8H,1-2H3. The molecule has 0 fully saturated rings. The fraction of sp³-hybridized carbons (Fsp3) is 0.143. The van der Waals surface area contributed by atoms with Crippen molar-refractivity contribution in [2.24, 2.45) is 0 Å². The predicted octanol–water partition coefficient (Wildman–Crippen LogP) is 3.10. The summed E-state index contributed by atoms with van der Waals surface area (Å²) in [6, 6.07) is 7.70. The second kappa shape index (κ2) is 4.96. The number of aromatic nitrogens is 1. The van der Waals surface area contributed by atoms with Crippen molar-refractivity contribution < 1.29 is 13.9 Å². The molecule has 0 aliphatic heterocycles. The van der Waals surface area contributed by atoms with Crippen LogP contribution in [-0.4, -0.2) is 17.9 Å². The molecule has 0 bridgehead atoms. The molecule has 2 aromatic rings. The number of rotatable bonds is 3. The molecule has 0 amide bonds. The van der Waals surface area contributed by atoms with Crippen molar-refractivity contribution in [1.82, 2.24) is 4.98 Å². The number of hydrogen-bond donors (Lipinski definition) is 0. The van der Waals surface area contributed by atoms with Crippen LogP contribution in [0.5, 0.6) is 5.75 Å². The van der Waals surface area contributed by atoms with E-state index < -0.39 is 0 Å². The SMILES string of the molecule is COc1ccc(F)c(-c2ccc(C(C)=O)cn2)c1. The average molecular weight is 245 g/mol. The molecule has 18 heavy (non-hydrogen) atoms. The number of nitrogens with zero attached hydrogens (tertiary/aromatic N) is 1. The van der Waals surface area contributed by atoms with Crippen LogP contribution in [0.3, 0.4) is 0 Å². The van der Waals surface area contributed by atoms with Crippen LogP contribution in [0.15, 0.2) is 36.5 Å². The molecule has 0 radical (unpaired) electrons. The van der Waals surface area contributed by atoms with E-state index in [2.05, 4.69) is 4.98 Å². The van der Waals surface area contributed by atoms with Crippen LogP contribution >= 0.6 is 0 Å². The first-order valence-corrected chi connectivity index (χ1v) is 5.42. The summed E-state index contributed by atoms with van der Waals surface area (Å²) in [6.45, 7) is 1.46. The molecule has 0 atom stereocenters. The van der Waals surface area contributed by atoms with Gasteiger partial charge in [0, 0.05) is 17.3 Å². The number of ether oxygens (including phenoxy) is 1. The van der Waals surface area contributed by atoms with Crippen LogP contribution in [0.4, 0.5) is 4.39 Å². The first kappa shape index (κ1) is 12.2. The molecule has 1 aromatic heterocycles. The Morgan fingerprint density at radius 3 is 2.61 bits per heavy atom. The molecule has 3 nitrogen and oxygen atoms in total. The van der Waals surface area contributed by atoms with Gasteiger partial charge in [-0.2, -0.15) is 0 Å². The number of pyridine rings is 1. The van der Waals surface area contributed by atoms with E-state index in [0.717, 1.165) is 0 Å². The van der Waals surface area contributed by atoms with E-state index in [1.165, 1.54) is 26.3 Å². The zero-order valence-electron chi connectivity index (χ0n) is 10.1. The molecule has 2 rings (SSSR count). The van der Waals surface area contributed by atoms with Gasteiger partial charge in [-0.05, 0) is 37.3 Å². The molecule has 0 aliphatic rings. The van der Waals surface area contributed by atoms with Gasteiger partial charge in [0.15, 0.2) is 5.78 Å². The summed E-state index contributed by atoms with van der Waals surface area (Å²) in [4.78, 5) is 15.2. The van der Waals surface area contributed by atoms with E-state index in [4.69, 9.17) is 4.74 Å². The van der Waals surface area contributed by atoms with E-state index in [0.29, 0.717) is 22.6 Å². The Morgan fingerprint density at radius 2 is 2.06 bits per heavy atom. The summed E-state index contributed by atoms with van der Waals surface area (Å²) in [5.41, 5.74) is 1.32. The van der Waals surface area contributed by atoms with Crippen LogP contribution in [-0.2, 0) is 0 Å². The van der Waals surface area contributed by atoms with Gasteiger partial charge < -0.3 is 4.74 Å². The van der Waals surface area contributed by atoms with Gasteiger partial charge in [-0.3, -0.25) is 9.78 Å². The van der Waals surface area contributed by atoms with Crippen molar-refractivity contribution in [2.75, 3.05) is 7.11 Å². The number of ketones is 1. The highest BCUT2D eigenvalue weighted by Crippen LogP contribution is 2.25. The number of halogens is 1. The summed E-state index contributed by atoms with van der Waals surface area (Å²) in [5.74, 6) is 0.114. The molecule has 1 heterocycles. The third kappa shape index (κ3) is 2.37. The van der Waals surface area contributed by atoms with Gasteiger partial charge in [0.1, 0.15) is 11.6 Å². The van der Waals surface area contributed by atoms with Crippen molar-refractivity contribution in [2.45, 2.75) is 6.92 Å². The second-order valence-corrected chi connectivity index (χ2v) is 3.83. The summed E-state index contributed by atoms with van der Waals surface area (Å²) >= 11 is 0. The van der Waals surface area contributed by atoms with Crippen LogP contribution in [0.2, 0.25) is 0 Å². The molecule has 0 N–H and O–H groups in total. The van der Waals surface area contributed by atoms with Crippen molar-refractivity contribution >= 4 is 5.78 Å². The zero-order chi connectivity index (χ0) is 13.1. The quantitative estimate of drug-likeness (QED) is 0.780. The zero-order valence-corrected chi connectivity index (χ0v) is 10.1. The molecule has 1 aromatic carbocycles. The first-order chi connectivity index (χ1) is 8.61. The summed E-state index contributed by atoms with van der Waals surface area (Å²) in [6.07, 6.45) is 1.44. The van der Waals surface area contributed by atoms with E-state index in [9.17, 15) is 9.18 Å². The van der Waals surface area contributed by atoms with Gasteiger partial charge in [-0.15, -0.1) is 0 Å². The third-order valence-corrected chi connectivity index (χ3v) is 2.62. The van der Waals surface area contributed by atoms with Crippen LogP contribution < -0.4 is 4.74 Å². The van der Waals surface area contributed by atoms with Gasteiger partial charge >= 0.3 is 0 Å². The monoisotopic (exact) mass is 245 g/mol. The minimum atomic E-state index is -0.376. The smallest absolute Gasteiger partial charge is 0.161 e. The van der Waals surface area contributed by atoms with Crippen LogP contribution in [0, 0.1) is 5.82 Å². The summed E-state index contributed by atoms with van der Waals surface area (Å²) in [5, 5.41) is 0. The van der Waals surface area contributed by atoms with Crippen molar-refractivity contribution in [3.8, 4) is 17.0 Å². The second-order valence-electron chi connectivity index (χ2n) is 3.83. The molecule has 4 heteroatoms. The normalized spacial score (nSPS) is 10.2. The largest absolute Gasteiger partial charge is 0.497 e. The highest BCUT2D eigenvalue weighted by molar-refractivity contribution is 5.93. The van der Waals surface area contributed by atoms with E-state index in [1.807, 2.05) is 0 Å². The van der Waals surface area contributed by atoms with Gasteiger partial charge in [0.05, 0.1) is 12.8 Å². The Bertz CT molecular complexity index is 579. The lowest BCUT2D eigenvalue weighted by Gasteiger charge is -2.06. The Kier molecular flexibility index (Phi) is 3.37. The number of hydrogen-bond acceptors (Lipinski definition) is 3. The van der Waals surface area contributed by atoms with Gasteiger partial charge in [0.25, 0.3) is 0 Å². The van der Waals surface area contributed by atoms with E-state index in [1.54, 1.807) is 24.3 Å². The highest BCUT2D eigenvalue weighted by Gasteiger charge is 2.09. The minimum absolute atomic E-state index is 0.0693. The highest BCUT2D eigenvalue weighted by atomic mass is 19.1. The molecule has 0 saturated heterocycles. The number of carbonyl (C=O) groups excluding carboxylic acids is 1. The molecular weight excluding hydrogens is 233 g/mol. The maximum absolute atomic E-state index is 13.7. The van der Waals surface area contributed by atoms with E-state index >= 15 is 0 Å². The van der Waals surface area contributed by atoms with Gasteiger partial charge in [-0.1, -0.05) is 0 Å². The molecular formula is C14H12FNO2. The average Bonchev–Trinajstić information content (AvgIpc) is 2.39. The van der Waals surface area contributed by atoms with Crippen molar-refractivity contribution in [3.63, 3.8) is 0 Å². The van der Waals surface area contributed by atoms with E-state index in [-0.39, 0.29) is 11.6 Å². The maximum Gasteiger partial charge on any atom is 0.161 e. The Morgan fingerprint density at radius 1 is 1.28 bits per heavy atom. The van der Waals surface area contributed by atoms with Gasteiger partial charge in [0.2, 0.25) is 0 Å². The summed E-state index contributed by atoms with van der Waals surface area (Å²) < 4.78 is 18.7. The fourth-order valence-corrected chi connectivity index (χ4v) is 1.59. The lowest BCUT2D eigenvalue weighted by Crippen LogP contribution is -1.95. The number of Topliss-reactive ketones (excluding diaryl/α,β-unsaturated/α-hetero) is 1. The lowest BCUT2D eigenvalue weighted by molar-refractivity contribution is 0.101. The molecule has 0 spiro atoms. The Balaban J connectivity index is 2.44. The van der Waals surface area contributed by atoms with Gasteiger partial charge in [-0.25, -0.2) is 4.39 Å². The van der Waals surface area contributed by atoms with Crippen molar-refractivity contribution in [3.05, 3.63) is 47.9 Å². The summed E-state index contributed by atoms with van der Waals surface area (Å²) in [7, 11) is 1.52. The number of methoxy groups -OCH3 is 1. The third-order valence-electron chi connectivity index (χ3n) is 2.62. The van der Waals surface area contributed by atoms with Crippen LogP contribution in [0.1, 0.15) is 17.3 Å². The number of carbonyl (C=O) groups is 1. The Labute approximate surface area is 104 Å². The molecule has 0 saturated carbocycles.